The van der Waals surface area contributed by atoms with Crippen LogP contribution in [0.4, 0.5) is 10.5 Å². The largest absolute Gasteiger partial charge is 0.324 e. The van der Waals surface area contributed by atoms with Gasteiger partial charge >= 0.3 is 6.03 Å². The number of rotatable bonds is 4. The van der Waals surface area contributed by atoms with E-state index in [2.05, 4.69) is 35.6 Å². The molecule has 1 aliphatic carbocycles. The first kappa shape index (κ1) is 16.7. The van der Waals surface area contributed by atoms with Gasteiger partial charge in [-0.3, -0.25) is 4.21 Å². The minimum absolute atomic E-state index is 0.0745. The van der Waals surface area contributed by atoms with Crippen molar-refractivity contribution in [3.05, 3.63) is 53.6 Å². The Bertz CT molecular complexity index is 804. The summed E-state index contributed by atoms with van der Waals surface area (Å²) in [5.74, 6) is 0.476. The summed E-state index contributed by atoms with van der Waals surface area (Å²) in [7, 11) is 0.809. The number of urea groups is 1. The molecule has 5 heteroatoms. The summed E-state index contributed by atoms with van der Waals surface area (Å²) in [6.07, 6.45) is 2.55. The average Bonchev–Trinajstić information content (AvgIpc) is 2.91. The van der Waals surface area contributed by atoms with Crippen molar-refractivity contribution in [2.45, 2.75) is 19.4 Å². The average molecular weight is 342 g/mol. The van der Waals surface area contributed by atoms with E-state index in [4.69, 9.17) is 0 Å². The quantitative estimate of drug-likeness (QED) is 0.789. The molecule has 0 saturated carbocycles. The summed E-state index contributed by atoms with van der Waals surface area (Å²) < 4.78 is 11.3. The summed E-state index contributed by atoms with van der Waals surface area (Å²) >= 11 is 0. The highest BCUT2D eigenvalue weighted by Gasteiger charge is 2.20. The van der Waals surface area contributed by atoms with Crippen LogP contribution in [-0.4, -0.2) is 40.2 Å². The molecule has 0 radical (unpaired) electrons. The first-order valence-electron chi connectivity index (χ1n) is 8.00. The van der Waals surface area contributed by atoms with Crippen LogP contribution in [0.1, 0.15) is 18.1 Å². The predicted octanol–water partition coefficient (Wildman–Crippen LogP) is 3.49. The Labute approximate surface area is 145 Å². The highest BCUT2D eigenvalue weighted by Crippen LogP contribution is 2.37. The van der Waals surface area contributed by atoms with Crippen molar-refractivity contribution in [2.75, 3.05) is 24.4 Å². The van der Waals surface area contributed by atoms with Crippen LogP contribution in [0.3, 0.4) is 0 Å². The van der Waals surface area contributed by atoms with Gasteiger partial charge in [-0.05, 0) is 47.7 Å². The number of hydrogen-bond acceptors (Lipinski definition) is 2. The van der Waals surface area contributed by atoms with E-state index >= 15 is 0 Å². The van der Waals surface area contributed by atoms with Gasteiger partial charge in [-0.25, -0.2) is 4.79 Å². The topological polar surface area (TPSA) is 49.4 Å². The number of hydrogen-bond donors (Lipinski definition) is 1. The van der Waals surface area contributed by atoms with Crippen LogP contribution in [0.2, 0.25) is 0 Å². The maximum absolute atomic E-state index is 12.4. The van der Waals surface area contributed by atoms with Gasteiger partial charge in [0.15, 0.2) is 0 Å². The maximum atomic E-state index is 12.4. The molecule has 1 N–H and O–H groups in total. The minimum atomic E-state index is -0.924. The Morgan fingerprint density at radius 3 is 2.67 bits per heavy atom. The lowest BCUT2D eigenvalue weighted by Gasteiger charge is -2.24. The molecule has 0 bridgehead atoms. The molecule has 0 spiro atoms. The van der Waals surface area contributed by atoms with E-state index < -0.39 is 10.8 Å². The third-order valence-corrected chi connectivity index (χ3v) is 5.45. The Morgan fingerprint density at radius 2 is 1.92 bits per heavy atom. The summed E-state index contributed by atoms with van der Waals surface area (Å²) in [6.45, 7) is 1.90. The number of amides is 2. The number of nitrogens with one attached hydrogen (secondary N) is 1. The van der Waals surface area contributed by atoms with Crippen LogP contribution >= 0.6 is 0 Å². The van der Waals surface area contributed by atoms with Gasteiger partial charge in [0.25, 0.3) is 0 Å². The van der Waals surface area contributed by atoms with Gasteiger partial charge in [-0.1, -0.05) is 30.3 Å². The molecule has 2 aromatic carbocycles. The van der Waals surface area contributed by atoms with Crippen molar-refractivity contribution in [3.63, 3.8) is 0 Å². The molecule has 2 amide bonds. The lowest BCUT2D eigenvalue weighted by atomic mass is 10.1. The molecule has 2 atom stereocenters. The number of anilines is 1. The minimum Gasteiger partial charge on any atom is -0.324 e. The number of nitrogens with zero attached hydrogens (tertiary/aromatic N) is 1. The van der Waals surface area contributed by atoms with Crippen molar-refractivity contribution in [2.24, 2.45) is 0 Å². The molecule has 126 valence electrons. The van der Waals surface area contributed by atoms with Gasteiger partial charge in [0.2, 0.25) is 0 Å². The maximum Gasteiger partial charge on any atom is 0.321 e. The van der Waals surface area contributed by atoms with Gasteiger partial charge in [0.1, 0.15) is 0 Å². The van der Waals surface area contributed by atoms with E-state index in [-0.39, 0.29) is 12.1 Å². The summed E-state index contributed by atoms with van der Waals surface area (Å²) in [6, 6.07) is 14.2. The Kier molecular flexibility index (Phi) is 4.71. The Hall–Kier alpha value is -2.14. The van der Waals surface area contributed by atoms with E-state index in [0.717, 1.165) is 12.1 Å². The SMILES string of the molecule is C[C@@H](C[S@](C)=O)N(C)C(=O)Nc1ccc2c(c1)Cc1ccccc1-2. The second kappa shape index (κ2) is 6.77. The summed E-state index contributed by atoms with van der Waals surface area (Å²) in [5.41, 5.74) is 5.88. The van der Waals surface area contributed by atoms with Crippen LogP contribution in [0, 0.1) is 0 Å². The van der Waals surface area contributed by atoms with Crippen LogP contribution in [0.25, 0.3) is 11.1 Å². The zero-order valence-electron chi connectivity index (χ0n) is 14.2. The molecular formula is C19H22N2O2S. The number of carbonyl (C=O) groups is 1. The molecule has 0 saturated heterocycles. The molecule has 0 fully saturated rings. The third-order valence-electron chi connectivity index (χ3n) is 4.50. The zero-order chi connectivity index (χ0) is 17.3. The fraction of sp³-hybridized carbons (Fsp3) is 0.316. The zero-order valence-corrected chi connectivity index (χ0v) is 15.0. The van der Waals surface area contributed by atoms with Crippen molar-refractivity contribution >= 4 is 22.5 Å². The lowest BCUT2D eigenvalue weighted by molar-refractivity contribution is 0.212. The Balaban J connectivity index is 1.72. The number of benzene rings is 2. The highest BCUT2D eigenvalue weighted by atomic mass is 32.2. The van der Waals surface area contributed by atoms with Gasteiger partial charge in [0, 0.05) is 41.6 Å². The van der Waals surface area contributed by atoms with Gasteiger partial charge in [-0.2, -0.15) is 0 Å². The number of carbonyl (C=O) groups excluding carboxylic acids is 1. The first-order chi connectivity index (χ1) is 11.5. The van der Waals surface area contributed by atoms with Crippen LogP contribution in [0.15, 0.2) is 42.5 Å². The highest BCUT2D eigenvalue weighted by molar-refractivity contribution is 7.84. The van der Waals surface area contributed by atoms with E-state index in [1.165, 1.54) is 22.3 Å². The molecule has 0 aliphatic heterocycles. The molecule has 2 aromatic rings. The summed E-state index contributed by atoms with van der Waals surface area (Å²) in [4.78, 5) is 14.0. The molecule has 4 nitrogen and oxygen atoms in total. The van der Waals surface area contributed by atoms with Crippen molar-refractivity contribution in [1.29, 1.82) is 0 Å². The standard InChI is InChI=1S/C19H22N2O2S/c1-13(12-24(3)23)21(2)19(22)20-16-8-9-18-15(11-16)10-14-6-4-5-7-17(14)18/h4-9,11,13H,10,12H2,1-3H3,(H,20,22)/t13-,24-/m0/s1. The van der Waals surface area contributed by atoms with Crippen molar-refractivity contribution < 1.29 is 9.00 Å². The molecule has 0 aromatic heterocycles. The van der Waals surface area contributed by atoms with E-state index in [0.29, 0.717) is 5.75 Å². The third kappa shape index (κ3) is 3.36. The smallest absolute Gasteiger partial charge is 0.321 e. The normalized spacial score (nSPS) is 14.5. The van der Waals surface area contributed by atoms with Crippen LogP contribution in [-0.2, 0) is 17.2 Å². The van der Waals surface area contributed by atoms with Crippen LogP contribution < -0.4 is 5.32 Å². The molecule has 0 unspecified atom stereocenters. The number of fused-ring (bicyclic) bond motifs is 3. The monoisotopic (exact) mass is 342 g/mol. The molecule has 3 rings (SSSR count). The van der Waals surface area contributed by atoms with Crippen molar-refractivity contribution in [1.82, 2.24) is 4.90 Å². The van der Waals surface area contributed by atoms with E-state index in [1.807, 2.05) is 19.1 Å². The summed E-state index contributed by atoms with van der Waals surface area (Å²) in [5, 5.41) is 2.94. The van der Waals surface area contributed by atoms with Gasteiger partial charge in [-0.15, -0.1) is 0 Å². The van der Waals surface area contributed by atoms with E-state index in [9.17, 15) is 9.00 Å². The Morgan fingerprint density at radius 1 is 1.21 bits per heavy atom. The van der Waals surface area contributed by atoms with E-state index in [1.54, 1.807) is 18.2 Å². The predicted molar refractivity (Wildman–Crippen MR) is 99.9 cm³/mol. The fourth-order valence-electron chi connectivity index (χ4n) is 3.09. The fourth-order valence-corrected chi connectivity index (χ4v) is 3.99. The molecule has 0 heterocycles. The lowest BCUT2D eigenvalue weighted by Crippen LogP contribution is -2.40. The first-order valence-corrected chi connectivity index (χ1v) is 9.73. The molecular weight excluding hydrogens is 320 g/mol. The second-order valence-corrected chi connectivity index (χ2v) is 7.82. The molecule has 1 aliphatic rings. The molecule has 24 heavy (non-hydrogen) atoms. The van der Waals surface area contributed by atoms with Crippen molar-refractivity contribution in [3.8, 4) is 11.1 Å². The van der Waals surface area contributed by atoms with Gasteiger partial charge in [0.05, 0.1) is 0 Å². The van der Waals surface area contributed by atoms with Crippen LogP contribution in [0.5, 0.6) is 0 Å². The second-order valence-electron chi connectivity index (χ2n) is 6.34. The van der Waals surface area contributed by atoms with Gasteiger partial charge < -0.3 is 10.2 Å².